The molecular weight excluding hydrogens is 399 g/mol. The number of hydrogen-bond donors (Lipinski definition) is 2. The largest absolute Gasteiger partial charge is 0.505 e. The second kappa shape index (κ2) is 7.87. The molecule has 140 valence electrons. The third-order valence-corrected chi connectivity index (χ3v) is 5.33. The average molecular weight is 418 g/mol. The molecule has 0 aromatic heterocycles. The lowest BCUT2D eigenvalue weighted by molar-refractivity contribution is 0.383. The fourth-order valence-electron chi connectivity index (χ4n) is 2.52. The van der Waals surface area contributed by atoms with E-state index < -0.39 is 0 Å². The number of allylic oxidation sites excluding steroid dienone is 2. The Morgan fingerprint density at radius 2 is 1.62 bits per heavy atom. The van der Waals surface area contributed by atoms with Gasteiger partial charge in [0.25, 0.3) is 0 Å². The first-order valence-corrected chi connectivity index (χ1v) is 8.86. The van der Waals surface area contributed by atoms with Gasteiger partial charge in [0.15, 0.2) is 17.2 Å². The van der Waals surface area contributed by atoms with Crippen molar-refractivity contribution in [1.82, 2.24) is 0 Å². The molecule has 0 aliphatic rings. The van der Waals surface area contributed by atoms with Crippen molar-refractivity contribution in [3.63, 3.8) is 0 Å². The Kier molecular flexibility index (Phi) is 6.22. The minimum Gasteiger partial charge on any atom is -0.505 e. The number of phenols is 2. The predicted octanol–water partition coefficient (Wildman–Crippen LogP) is 6.90. The van der Waals surface area contributed by atoms with E-state index in [1.54, 1.807) is 19.9 Å². The van der Waals surface area contributed by atoms with E-state index in [0.29, 0.717) is 27.5 Å². The first kappa shape index (κ1) is 20.6. The van der Waals surface area contributed by atoms with Crippen LogP contribution in [0, 0.1) is 13.8 Å². The number of aromatic hydroxyl groups is 2. The van der Waals surface area contributed by atoms with E-state index in [0.717, 1.165) is 5.57 Å². The van der Waals surface area contributed by atoms with Crippen molar-refractivity contribution in [1.29, 1.82) is 0 Å². The number of hydrogen-bond acceptors (Lipinski definition) is 4. The average Bonchev–Trinajstić information content (AvgIpc) is 2.62. The minimum atomic E-state index is -0.288. The molecule has 0 fully saturated rings. The standard InChI is InChI=1S/C19H19Cl3O4/c1-6-8(2)12-15(22)18(25-5)10(4)16(23)19(12)26-11-7-9(3)13(20)17(24)14(11)21/h6-7,23-24H,1-5H3/b8-6+. The van der Waals surface area contributed by atoms with E-state index >= 15 is 0 Å². The molecule has 0 aliphatic heterocycles. The number of phenolic OH excluding ortho intramolecular Hbond substituents is 2. The number of benzene rings is 2. The molecule has 0 atom stereocenters. The number of ether oxygens (including phenoxy) is 2. The van der Waals surface area contributed by atoms with E-state index in [1.165, 1.54) is 7.11 Å². The first-order valence-electron chi connectivity index (χ1n) is 7.73. The predicted molar refractivity (Wildman–Crippen MR) is 107 cm³/mol. The Morgan fingerprint density at radius 3 is 2.15 bits per heavy atom. The van der Waals surface area contributed by atoms with Crippen LogP contribution in [0.2, 0.25) is 15.1 Å². The Hall–Kier alpha value is -1.75. The SMILES string of the molecule is C/C=C(\C)c1c(Cl)c(OC)c(C)c(O)c1Oc1cc(C)c(Cl)c(O)c1Cl. The van der Waals surface area contributed by atoms with Gasteiger partial charge in [-0.2, -0.15) is 0 Å². The van der Waals surface area contributed by atoms with Crippen LogP contribution in [0.1, 0.15) is 30.5 Å². The smallest absolute Gasteiger partial charge is 0.178 e. The summed E-state index contributed by atoms with van der Waals surface area (Å²) in [5.41, 5.74) is 2.23. The summed E-state index contributed by atoms with van der Waals surface area (Å²) in [7, 11) is 1.47. The Labute approximate surface area is 167 Å². The minimum absolute atomic E-state index is 0.0614. The topological polar surface area (TPSA) is 58.9 Å². The van der Waals surface area contributed by atoms with Crippen LogP contribution in [-0.2, 0) is 0 Å². The Bertz CT molecular complexity index is 905. The lowest BCUT2D eigenvalue weighted by Gasteiger charge is -2.20. The molecule has 0 saturated heterocycles. The number of methoxy groups -OCH3 is 1. The fourth-order valence-corrected chi connectivity index (χ4v) is 3.36. The van der Waals surface area contributed by atoms with Gasteiger partial charge in [-0.15, -0.1) is 0 Å². The third-order valence-electron chi connectivity index (χ3n) is 4.13. The molecule has 0 saturated carbocycles. The molecule has 0 heterocycles. The van der Waals surface area contributed by atoms with Crippen LogP contribution in [0.5, 0.6) is 28.7 Å². The number of rotatable bonds is 4. The maximum Gasteiger partial charge on any atom is 0.178 e. The lowest BCUT2D eigenvalue weighted by Crippen LogP contribution is -1.99. The molecular formula is C19H19Cl3O4. The van der Waals surface area contributed by atoms with Crippen molar-refractivity contribution in [2.75, 3.05) is 7.11 Å². The molecule has 0 spiro atoms. The summed E-state index contributed by atoms with van der Waals surface area (Å²) < 4.78 is 11.2. The quantitative estimate of drug-likeness (QED) is 0.568. The zero-order chi connectivity index (χ0) is 19.8. The van der Waals surface area contributed by atoms with Crippen LogP contribution < -0.4 is 9.47 Å². The summed E-state index contributed by atoms with van der Waals surface area (Å²) in [6.45, 7) is 7.03. The van der Waals surface area contributed by atoms with E-state index in [2.05, 4.69) is 0 Å². The summed E-state index contributed by atoms with van der Waals surface area (Å²) in [6, 6.07) is 1.58. The molecule has 2 rings (SSSR count). The maximum absolute atomic E-state index is 10.7. The zero-order valence-electron chi connectivity index (χ0n) is 15.0. The van der Waals surface area contributed by atoms with Crippen molar-refractivity contribution >= 4 is 40.4 Å². The van der Waals surface area contributed by atoms with Crippen molar-refractivity contribution in [2.45, 2.75) is 27.7 Å². The molecule has 26 heavy (non-hydrogen) atoms. The fraction of sp³-hybridized carbons (Fsp3) is 0.263. The summed E-state index contributed by atoms with van der Waals surface area (Å²) in [4.78, 5) is 0. The van der Waals surface area contributed by atoms with Crippen molar-refractivity contribution < 1.29 is 19.7 Å². The van der Waals surface area contributed by atoms with Gasteiger partial charge in [0.05, 0.1) is 17.2 Å². The maximum atomic E-state index is 10.7. The molecule has 0 bridgehead atoms. The van der Waals surface area contributed by atoms with Crippen LogP contribution in [0.3, 0.4) is 0 Å². The number of halogens is 3. The molecule has 0 amide bonds. The molecule has 0 radical (unpaired) electrons. The molecule has 2 aromatic rings. The third kappa shape index (κ3) is 3.41. The number of aryl methyl sites for hydroxylation is 1. The Morgan fingerprint density at radius 1 is 1.00 bits per heavy atom. The van der Waals surface area contributed by atoms with Gasteiger partial charge in [-0.05, 0) is 44.9 Å². The van der Waals surface area contributed by atoms with Gasteiger partial charge < -0.3 is 19.7 Å². The van der Waals surface area contributed by atoms with Crippen molar-refractivity contribution in [3.05, 3.63) is 43.9 Å². The summed E-state index contributed by atoms with van der Waals surface area (Å²) >= 11 is 18.7. The van der Waals surface area contributed by atoms with Gasteiger partial charge in [0.1, 0.15) is 16.5 Å². The molecule has 7 heteroatoms. The van der Waals surface area contributed by atoms with Gasteiger partial charge in [-0.1, -0.05) is 40.9 Å². The van der Waals surface area contributed by atoms with Crippen LogP contribution in [0.25, 0.3) is 5.57 Å². The normalized spacial score (nSPS) is 11.6. The van der Waals surface area contributed by atoms with Gasteiger partial charge >= 0.3 is 0 Å². The van der Waals surface area contributed by atoms with E-state index in [9.17, 15) is 10.2 Å². The van der Waals surface area contributed by atoms with Gasteiger partial charge in [0, 0.05) is 11.1 Å². The summed E-state index contributed by atoms with van der Waals surface area (Å²) in [5, 5.41) is 21.1. The monoisotopic (exact) mass is 416 g/mol. The highest BCUT2D eigenvalue weighted by Crippen LogP contribution is 2.51. The summed E-state index contributed by atoms with van der Waals surface area (Å²) in [5.74, 6) is 0.196. The molecule has 0 unspecified atom stereocenters. The van der Waals surface area contributed by atoms with Crippen molar-refractivity contribution in [2.24, 2.45) is 0 Å². The zero-order valence-corrected chi connectivity index (χ0v) is 17.3. The summed E-state index contributed by atoms with van der Waals surface area (Å²) in [6.07, 6.45) is 1.83. The highest BCUT2D eigenvalue weighted by molar-refractivity contribution is 6.38. The van der Waals surface area contributed by atoms with Gasteiger partial charge in [-0.3, -0.25) is 0 Å². The van der Waals surface area contributed by atoms with Crippen LogP contribution in [0.4, 0.5) is 0 Å². The Balaban J connectivity index is 2.79. The van der Waals surface area contributed by atoms with E-state index in [-0.39, 0.29) is 33.0 Å². The molecule has 2 N–H and O–H groups in total. The molecule has 0 aliphatic carbocycles. The van der Waals surface area contributed by atoms with E-state index in [1.807, 2.05) is 19.9 Å². The lowest BCUT2D eigenvalue weighted by atomic mass is 10.0. The van der Waals surface area contributed by atoms with Gasteiger partial charge in [0.2, 0.25) is 0 Å². The second-order valence-electron chi connectivity index (χ2n) is 5.77. The van der Waals surface area contributed by atoms with Gasteiger partial charge in [-0.25, -0.2) is 0 Å². The van der Waals surface area contributed by atoms with Crippen LogP contribution in [-0.4, -0.2) is 17.3 Å². The second-order valence-corrected chi connectivity index (χ2v) is 6.90. The highest BCUT2D eigenvalue weighted by atomic mass is 35.5. The van der Waals surface area contributed by atoms with E-state index in [4.69, 9.17) is 44.3 Å². The highest BCUT2D eigenvalue weighted by Gasteiger charge is 2.25. The van der Waals surface area contributed by atoms with Crippen molar-refractivity contribution in [3.8, 4) is 28.7 Å². The molecule has 4 nitrogen and oxygen atoms in total. The van der Waals surface area contributed by atoms with Crippen LogP contribution in [0.15, 0.2) is 12.1 Å². The van der Waals surface area contributed by atoms with Crippen LogP contribution >= 0.6 is 34.8 Å². The molecule has 2 aromatic carbocycles. The first-order chi connectivity index (χ1) is 12.1.